The van der Waals surface area contributed by atoms with Crippen molar-refractivity contribution in [2.75, 3.05) is 0 Å². The summed E-state index contributed by atoms with van der Waals surface area (Å²) in [6.45, 7) is 4.42. The summed E-state index contributed by atoms with van der Waals surface area (Å²) < 4.78 is 5.76. The van der Waals surface area contributed by atoms with Gasteiger partial charge in [-0.1, -0.05) is 50.1 Å². The van der Waals surface area contributed by atoms with Gasteiger partial charge < -0.3 is 4.43 Å². The quantitative estimate of drug-likeness (QED) is 0.675. The van der Waals surface area contributed by atoms with Gasteiger partial charge in [-0.05, 0) is 18.9 Å². The van der Waals surface area contributed by atoms with Crippen molar-refractivity contribution in [2.24, 2.45) is 0 Å². The number of hydrogen-bond donors (Lipinski definition) is 0. The Kier molecular flexibility index (Phi) is 4.36. The average Bonchev–Trinajstić information content (AvgIpc) is 2.27. The van der Waals surface area contributed by atoms with Crippen molar-refractivity contribution >= 4 is 10.5 Å². The van der Waals surface area contributed by atoms with Crippen LogP contribution in [0.5, 0.6) is 0 Å². The molecule has 2 heteroatoms. The molecule has 1 aromatic rings. The Balaban J connectivity index is 2.79. The molecule has 1 rings (SSSR count). The first-order valence-electron chi connectivity index (χ1n) is 5.33. The number of unbranched alkanes of at least 4 members (excludes halogenated alkanes) is 1. The molecule has 0 heterocycles. The minimum absolute atomic E-state index is 0.0521. The van der Waals surface area contributed by atoms with Crippen molar-refractivity contribution < 1.29 is 4.43 Å². The lowest BCUT2D eigenvalue weighted by atomic mass is 9.91. The van der Waals surface area contributed by atoms with Gasteiger partial charge in [0.25, 0.3) is 0 Å². The smallest absolute Gasteiger partial charge is 0.147 e. The Morgan fingerprint density at radius 1 is 1.29 bits per heavy atom. The molecular formula is C12H20OSi. The molecule has 1 unspecified atom stereocenters. The predicted molar refractivity (Wildman–Crippen MR) is 64.3 cm³/mol. The second kappa shape index (κ2) is 5.32. The van der Waals surface area contributed by atoms with Crippen molar-refractivity contribution in [1.29, 1.82) is 0 Å². The van der Waals surface area contributed by atoms with E-state index in [-0.39, 0.29) is 5.60 Å². The van der Waals surface area contributed by atoms with E-state index in [1.54, 1.807) is 0 Å². The van der Waals surface area contributed by atoms with E-state index in [0.29, 0.717) is 0 Å². The summed E-state index contributed by atoms with van der Waals surface area (Å²) in [6.07, 6.45) is 3.58. The van der Waals surface area contributed by atoms with Gasteiger partial charge in [0.05, 0.1) is 5.60 Å². The molecule has 0 radical (unpaired) electrons. The zero-order chi connectivity index (χ0) is 10.4. The summed E-state index contributed by atoms with van der Waals surface area (Å²) in [6, 6.07) is 10.5. The molecule has 0 amide bonds. The first-order valence-corrected chi connectivity index (χ1v) is 6.15. The highest BCUT2D eigenvalue weighted by Crippen LogP contribution is 2.29. The van der Waals surface area contributed by atoms with E-state index in [1.807, 2.05) is 0 Å². The maximum absolute atomic E-state index is 5.76. The molecular weight excluding hydrogens is 188 g/mol. The molecule has 0 fully saturated rings. The van der Waals surface area contributed by atoms with Gasteiger partial charge in [0, 0.05) is 0 Å². The van der Waals surface area contributed by atoms with Crippen LogP contribution in [0.2, 0.25) is 0 Å². The number of benzene rings is 1. The fourth-order valence-electron chi connectivity index (χ4n) is 1.67. The fraction of sp³-hybridized carbons (Fsp3) is 0.500. The maximum atomic E-state index is 5.76. The standard InChI is InChI=1S/C12H20OSi/c1-3-4-10-12(2,13-14)11-8-6-5-7-9-11/h5-9H,3-4,10H2,1-2,14H3. The Morgan fingerprint density at radius 3 is 2.43 bits per heavy atom. The lowest BCUT2D eigenvalue weighted by Gasteiger charge is -2.29. The zero-order valence-corrected chi connectivity index (χ0v) is 11.4. The van der Waals surface area contributed by atoms with Crippen LogP contribution in [0.15, 0.2) is 30.3 Å². The molecule has 0 saturated carbocycles. The Labute approximate surface area is 90.0 Å². The summed E-state index contributed by atoms with van der Waals surface area (Å²) in [5, 5.41) is 0. The molecule has 1 atom stereocenters. The minimum atomic E-state index is -0.0521. The monoisotopic (exact) mass is 208 g/mol. The molecule has 0 spiro atoms. The maximum Gasteiger partial charge on any atom is 0.147 e. The van der Waals surface area contributed by atoms with Crippen molar-refractivity contribution in [1.82, 2.24) is 0 Å². The first kappa shape index (κ1) is 11.5. The van der Waals surface area contributed by atoms with E-state index in [4.69, 9.17) is 4.43 Å². The zero-order valence-electron chi connectivity index (χ0n) is 9.42. The summed E-state index contributed by atoms with van der Waals surface area (Å²) in [7, 11) is 0.798. The summed E-state index contributed by atoms with van der Waals surface area (Å²) >= 11 is 0. The Morgan fingerprint density at radius 2 is 1.93 bits per heavy atom. The van der Waals surface area contributed by atoms with Crippen LogP contribution in [-0.4, -0.2) is 10.5 Å². The highest BCUT2D eigenvalue weighted by atomic mass is 28.2. The van der Waals surface area contributed by atoms with Crippen LogP contribution in [-0.2, 0) is 10.0 Å². The van der Waals surface area contributed by atoms with Gasteiger partial charge >= 0.3 is 0 Å². The Bertz CT molecular complexity index is 260. The third-order valence-electron chi connectivity index (χ3n) is 2.84. The van der Waals surface area contributed by atoms with Crippen molar-refractivity contribution in [3.8, 4) is 0 Å². The van der Waals surface area contributed by atoms with Crippen LogP contribution >= 0.6 is 0 Å². The molecule has 14 heavy (non-hydrogen) atoms. The van der Waals surface area contributed by atoms with Crippen LogP contribution in [0.1, 0.15) is 38.7 Å². The van der Waals surface area contributed by atoms with Gasteiger partial charge in [-0.15, -0.1) is 0 Å². The van der Waals surface area contributed by atoms with E-state index >= 15 is 0 Å². The lowest BCUT2D eigenvalue weighted by Crippen LogP contribution is -2.24. The second-order valence-corrected chi connectivity index (χ2v) is 4.31. The third-order valence-corrected chi connectivity index (χ3v) is 3.74. The highest BCUT2D eigenvalue weighted by Gasteiger charge is 2.23. The van der Waals surface area contributed by atoms with Crippen molar-refractivity contribution in [2.45, 2.75) is 38.7 Å². The summed E-state index contributed by atoms with van der Waals surface area (Å²) in [4.78, 5) is 0. The molecule has 0 aliphatic rings. The van der Waals surface area contributed by atoms with Crippen LogP contribution in [0.25, 0.3) is 0 Å². The van der Waals surface area contributed by atoms with Gasteiger partial charge in [0.1, 0.15) is 10.5 Å². The average molecular weight is 208 g/mol. The van der Waals surface area contributed by atoms with Crippen LogP contribution in [0.3, 0.4) is 0 Å². The largest absolute Gasteiger partial charge is 0.419 e. The predicted octanol–water partition coefficient (Wildman–Crippen LogP) is 2.39. The molecule has 0 saturated heterocycles. The van der Waals surface area contributed by atoms with E-state index < -0.39 is 0 Å². The summed E-state index contributed by atoms with van der Waals surface area (Å²) in [5.41, 5.74) is 1.26. The van der Waals surface area contributed by atoms with Crippen LogP contribution in [0, 0.1) is 0 Å². The number of rotatable bonds is 5. The van der Waals surface area contributed by atoms with E-state index in [0.717, 1.165) is 16.9 Å². The van der Waals surface area contributed by atoms with Gasteiger partial charge in [-0.3, -0.25) is 0 Å². The van der Waals surface area contributed by atoms with E-state index in [2.05, 4.69) is 44.2 Å². The summed E-state index contributed by atoms with van der Waals surface area (Å²) in [5.74, 6) is 0. The van der Waals surface area contributed by atoms with Crippen molar-refractivity contribution in [3.05, 3.63) is 35.9 Å². The Hall–Kier alpha value is -0.603. The molecule has 0 aliphatic heterocycles. The number of hydrogen-bond acceptors (Lipinski definition) is 1. The topological polar surface area (TPSA) is 9.23 Å². The molecule has 0 aromatic heterocycles. The first-order chi connectivity index (χ1) is 6.73. The van der Waals surface area contributed by atoms with Crippen LogP contribution in [0.4, 0.5) is 0 Å². The third kappa shape index (κ3) is 2.69. The van der Waals surface area contributed by atoms with Crippen molar-refractivity contribution in [3.63, 3.8) is 0 Å². The molecule has 0 N–H and O–H groups in total. The van der Waals surface area contributed by atoms with E-state index in [1.165, 1.54) is 18.4 Å². The van der Waals surface area contributed by atoms with Gasteiger partial charge in [-0.25, -0.2) is 0 Å². The van der Waals surface area contributed by atoms with Gasteiger partial charge in [0.2, 0.25) is 0 Å². The normalized spacial score (nSPS) is 15.3. The molecule has 1 nitrogen and oxygen atoms in total. The second-order valence-electron chi connectivity index (χ2n) is 3.90. The lowest BCUT2D eigenvalue weighted by molar-refractivity contribution is 0.0865. The highest BCUT2D eigenvalue weighted by molar-refractivity contribution is 5.98. The SMILES string of the molecule is CCCCC(C)(O[SiH3])c1ccccc1. The molecule has 1 aromatic carbocycles. The van der Waals surface area contributed by atoms with Gasteiger partial charge in [0.15, 0.2) is 0 Å². The van der Waals surface area contributed by atoms with Crippen LogP contribution < -0.4 is 0 Å². The molecule has 0 aliphatic carbocycles. The fourth-order valence-corrected chi connectivity index (χ4v) is 2.11. The van der Waals surface area contributed by atoms with E-state index in [9.17, 15) is 0 Å². The minimum Gasteiger partial charge on any atom is -0.419 e. The molecule has 78 valence electrons. The van der Waals surface area contributed by atoms with Gasteiger partial charge in [-0.2, -0.15) is 0 Å². The molecule has 0 bridgehead atoms.